The van der Waals surface area contributed by atoms with Crippen LogP contribution in [0.3, 0.4) is 0 Å². The normalized spacial score (nSPS) is 22.5. The summed E-state index contributed by atoms with van der Waals surface area (Å²) in [6.45, 7) is 14.8. The predicted molar refractivity (Wildman–Crippen MR) is 296 cm³/mol. The number of alkyl halides is 1. The number of benzene rings is 1. The Morgan fingerprint density at radius 3 is 2.31 bits per heavy atom. The molecule has 2 aliphatic rings. The molecule has 11 atom stereocenters. The molecule has 4 heterocycles. The smallest absolute Gasteiger partial charge is 0.407 e. The molecule has 0 radical (unpaired) electrons. The van der Waals surface area contributed by atoms with Gasteiger partial charge in [-0.15, -0.1) is 0 Å². The van der Waals surface area contributed by atoms with Gasteiger partial charge in [0.05, 0.1) is 12.6 Å². The van der Waals surface area contributed by atoms with Gasteiger partial charge >= 0.3 is 6.09 Å². The minimum Gasteiger partial charge on any atom is -0.445 e. The Balaban J connectivity index is 1.00. The largest absolute Gasteiger partial charge is 0.445 e. The minimum absolute atomic E-state index is 0.00694. The molecule has 0 aliphatic carbocycles. The third-order valence-electron chi connectivity index (χ3n) is 14.4. The molecule has 2 saturated heterocycles. The lowest BCUT2D eigenvalue weighted by molar-refractivity contribution is -0.185. The summed E-state index contributed by atoms with van der Waals surface area (Å²) in [5.41, 5.74) is 1.86. The Bertz CT molecular complexity index is 2430. The lowest BCUT2D eigenvalue weighted by Crippen LogP contribution is -2.65. The lowest BCUT2D eigenvalue weighted by Gasteiger charge is -2.42. The Morgan fingerprint density at radius 1 is 0.922 bits per heavy atom. The molecule has 428 valence electrons. The van der Waals surface area contributed by atoms with Gasteiger partial charge in [0, 0.05) is 53.3 Å². The van der Waals surface area contributed by atoms with Crippen molar-refractivity contribution in [1.82, 2.24) is 46.1 Å². The quantitative estimate of drug-likeness (QED) is 0.0263. The number of nitrogens with zero attached hydrogens (tertiary/aromatic N) is 4. The number of halogens is 1. The zero-order valence-electron chi connectivity index (χ0n) is 45.6. The number of ether oxygens (including phenoxy) is 2. The maximum atomic E-state index is 13.4. The van der Waals surface area contributed by atoms with Gasteiger partial charge < -0.3 is 71.7 Å². The molecule has 0 saturated carbocycles. The lowest BCUT2D eigenvalue weighted by atomic mass is 9.84. The van der Waals surface area contributed by atoms with E-state index in [9.17, 15) is 49.2 Å². The first-order valence-electron chi connectivity index (χ1n) is 27.0. The molecule has 23 nitrogen and oxygen atoms in total. The summed E-state index contributed by atoms with van der Waals surface area (Å²) in [4.78, 5) is 95.9. The highest BCUT2D eigenvalue weighted by Gasteiger charge is 2.49. The number of unbranched alkanes of at least 4 members (excludes halogenated alkanes) is 2. The Kier molecular flexibility index (Phi) is 24.1. The second-order valence-electron chi connectivity index (χ2n) is 21.1. The summed E-state index contributed by atoms with van der Waals surface area (Å²) in [5.74, 6) is -1.23. The number of alkyl carbamates (subject to hydrolysis) is 1. The van der Waals surface area contributed by atoms with Gasteiger partial charge in [-0.3, -0.25) is 24.0 Å². The van der Waals surface area contributed by atoms with Gasteiger partial charge in [-0.2, -0.15) is 0 Å². The Hall–Kier alpha value is -5.28. The summed E-state index contributed by atoms with van der Waals surface area (Å²) >= 11 is 2.40. The van der Waals surface area contributed by atoms with E-state index < -0.39 is 85.2 Å². The molecule has 0 bridgehead atoms. The van der Waals surface area contributed by atoms with E-state index in [1.165, 1.54) is 18.2 Å². The molecule has 5 rings (SSSR count). The van der Waals surface area contributed by atoms with Crippen LogP contribution in [-0.4, -0.2) is 153 Å². The average molecular weight is 1190 g/mol. The first-order valence-corrected chi connectivity index (χ1v) is 28.1. The highest BCUT2D eigenvalue weighted by molar-refractivity contribution is 14.1. The van der Waals surface area contributed by atoms with E-state index in [4.69, 9.17) is 9.47 Å². The van der Waals surface area contributed by atoms with Crippen molar-refractivity contribution in [2.45, 2.75) is 191 Å². The van der Waals surface area contributed by atoms with E-state index in [-0.39, 0.29) is 71.9 Å². The van der Waals surface area contributed by atoms with Gasteiger partial charge in [0.15, 0.2) is 17.7 Å². The van der Waals surface area contributed by atoms with Gasteiger partial charge in [0.1, 0.15) is 60.9 Å². The van der Waals surface area contributed by atoms with Crippen LogP contribution in [0.15, 0.2) is 30.6 Å². The fourth-order valence-electron chi connectivity index (χ4n) is 9.53. The number of carbonyl (C=O) groups is 6. The highest BCUT2D eigenvalue weighted by atomic mass is 127. The van der Waals surface area contributed by atoms with Gasteiger partial charge in [-0.1, -0.05) is 115 Å². The number of aliphatic hydroxyl groups is 4. The number of rotatable bonds is 29. The Morgan fingerprint density at radius 2 is 1.65 bits per heavy atom. The number of anilines is 2. The monoisotopic (exact) mass is 1190 g/mol. The van der Waals surface area contributed by atoms with Crippen molar-refractivity contribution in [3.05, 3.63) is 42.0 Å². The summed E-state index contributed by atoms with van der Waals surface area (Å²) < 4.78 is 11.0. The number of likely N-dealkylation sites (tertiary alicyclic amines) is 1. The molecule has 6 amide bonds. The van der Waals surface area contributed by atoms with Crippen LogP contribution in [0.25, 0.3) is 11.2 Å². The first kappa shape index (κ1) is 62.6. The number of fused-ring (bicyclic) bond motifs is 1. The molecule has 11 N–H and O–H groups in total. The van der Waals surface area contributed by atoms with Crippen molar-refractivity contribution in [2.24, 2.45) is 17.8 Å². The van der Waals surface area contributed by atoms with E-state index in [0.717, 1.165) is 57.2 Å². The van der Waals surface area contributed by atoms with Crippen LogP contribution < -0.4 is 31.9 Å². The molecular formula is C53H82IN11O12. The number of hydrogen-bond acceptors (Lipinski definition) is 16. The van der Waals surface area contributed by atoms with Crippen LogP contribution in [-0.2, 0) is 40.1 Å². The van der Waals surface area contributed by atoms with E-state index in [2.05, 4.69) is 109 Å². The van der Waals surface area contributed by atoms with Crippen molar-refractivity contribution < 1.29 is 58.7 Å². The number of nitrogens with one attached hydrogen (secondary N) is 7. The number of aromatic nitrogens is 4. The number of aliphatic hydroxyl groups excluding tert-OH is 4. The van der Waals surface area contributed by atoms with Crippen molar-refractivity contribution in [3.8, 4) is 0 Å². The van der Waals surface area contributed by atoms with Gasteiger partial charge in [0.2, 0.25) is 29.5 Å². The summed E-state index contributed by atoms with van der Waals surface area (Å²) in [7, 11) is 0. The molecule has 2 aliphatic heterocycles. The van der Waals surface area contributed by atoms with Gasteiger partial charge in [0.25, 0.3) is 0 Å². The zero-order valence-corrected chi connectivity index (χ0v) is 47.8. The van der Waals surface area contributed by atoms with E-state index in [1.54, 1.807) is 38.1 Å². The molecule has 2 fully saturated rings. The molecule has 4 unspecified atom stereocenters. The number of amides is 6. The van der Waals surface area contributed by atoms with Crippen LogP contribution >= 0.6 is 22.6 Å². The molecule has 24 heteroatoms. The van der Waals surface area contributed by atoms with E-state index >= 15 is 0 Å². The van der Waals surface area contributed by atoms with Crippen LogP contribution in [0.4, 0.5) is 16.3 Å². The second kappa shape index (κ2) is 29.6. The highest BCUT2D eigenvalue weighted by Crippen LogP contribution is 2.45. The molecule has 0 spiro atoms. The van der Waals surface area contributed by atoms with Crippen LogP contribution in [0.5, 0.6) is 0 Å². The molecule has 3 aromatic rings. The number of H-pyrrole nitrogens is 1. The maximum absolute atomic E-state index is 13.4. The molecule has 1 aromatic carbocycles. The third-order valence-corrected chi connectivity index (χ3v) is 16.5. The van der Waals surface area contributed by atoms with Crippen molar-refractivity contribution in [3.63, 3.8) is 0 Å². The van der Waals surface area contributed by atoms with Crippen molar-refractivity contribution >= 4 is 80.9 Å². The first-order chi connectivity index (χ1) is 36.6. The van der Waals surface area contributed by atoms with Crippen molar-refractivity contribution in [1.29, 1.82) is 0 Å². The number of imidazole rings is 1. The SMILES string of the molecule is CCCCCC(I)(CC)C1CC(=O)N(CCC(=O)N[C@H](C(=O)N[C@@H](C)C(=O)Nc2ccc(COC(=O)NCCC(=O)N[C@@H]3[C@@H](O)[C@H](O)[C@@H](Nc4ncnc5nc(C(C)CCCC(C)C)[nH]c45)O[C@H]3CO)cc2)C(C)C)C1O. The zero-order chi connectivity index (χ0) is 56.6. The van der Waals surface area contributed by atoms with E-state index in [1.807, 2.05) is 0 Å². The number of aromatic amines is 1. The standard InChI is InChI=1S/C53H82IN11O12/c1-9-11-12-22-53(54,10-2)35-25-39(69)65(51(35)74)24-21-38(68)60-40(30(5)6)49(73)58-32(8)48(72)59-34-18-16-33(17-19-34)27-76-52(75)55-23-20-37(67)61-41-36(26-66)77-50(44(71)43(41)70)64-47-42-46(56-28-57-47)63-45(62-42)31(7)15-13-14-29(3)4/h16-19,28-32,35-36,40-41,43-44,50-51,66,70-71,74H,9-15,20-27H2,1-8H3,(H,55,75)(H,58,73)(H,59,72)(H,60,68)(H,61,67)(H2,56,57,62,63,64)/t31?,32-,35?,36-,40-,41-,43+,44-,50-,51?,53?/m0/s1. The maximum Gasteiger partial charge on any atom is 0.407 e. The van der Waals surface area contributed by atoms with Crippen molar-refractivity contribution in [2.75, 3.05) is 30.3 Å². The predicted octanol–water partition coefficient (Wildman–Crippen LogP) is 4.24. The number of carbonyl (C=O) groups excluding carboxylic acids is 6. The molecule has 77 heavy (non-hydrogen) atoms. The fraction of sp³-hybridized carbons (Fsp3) is 0.679. The second-order valence-corrected chi connectivity index (χ2v) is 23.3. The van der Waals surface area contributed by atoms with Crippen LogP contribution in [0.2, 0.25) is 0 Å². The third kappa shape index (κ3) is 17.6. The minimum atomic E-state index is -1.57. The summed E-state index contributed by atoms with van der Waals surface area (Å²) in [6.07, 6.45) is 1.78. The van der Waals surface area contributed by atoms with Gasteiger partial charge in [-0.25, -0.2) is 19.7 Å². The molecular weight excluding hydrogens is 1110 g/mol. The number of hydrogen-bond donors (Lipinski definition) is 11. The Labute approximate surface area is 464 Å². The molecule has 2 aromatic heterocycles. The summed E-state index contributed by atoms with van der Waals surface area (Å²) in [6, 6.07) is 3.24. The van der Waals surface area contributed by atoms with Gasteiger partial charge in [-0.05, 0) is 55.7 Å². The van der Waals surface area contributed by atoms with Crippen LogP contribution in [0, 0.1) is 17.8 Å². The average Bonchev–Trinajstić information content (AvgIpc) is 3.99. The fourth-order valence-corrected chi connectivity index (χ4v) is 10.5. The van der Waals surface area contributed by atoms with E-state index in [0.29, 0.717) is 28.3 Å². The summed E-state index contributed by atoms with van der Waals surface area (Å²) in [5, 5.41) is 59.7. The van der Waals surface area contributed by atoms with Crippen LogP contribution in [0.1, 0.15) is 143 Å². The topological polar surface area (TPSA) is 332 Å².